The van der Waals surface area contributed by atoms with Gasteiger partial charge in [0.25, 0.3) is 0 Å². The Bertz CT molecular complexity index is 1510. The molecule has 0 spiro atoms. The standard InChI is InChI=1S/C28H24Cl2FN5OS/c1-16(2)27(37)33-22-11-9-18(15-20(22)30)36-26(25(34-28(36)38)23-6-3-4-12-32-23)24-7-5-13-35(24)17-8-10-21(31)19(29)14-17/h3-16,25-26H,1-2H3,(H,33,37)(H,34,38)/t25-,26-/m1/s1. The minimum absolute atomic E-state index is 0.0335. The Morgan fingerprint density at radius 1 is 1.05 bits per heavy atom. The lowest BCUT2D eigenvalue weighted by molar-refractivity contribution is -0.118. The Morgan fingerprint density at radius 2 is 1.82 bits per heavy atom. The largest absolute Gasteiger partial charge is 0.351 e. The van der Waals surface area contributed by atoms with Gasteiger partial charge in [-0.1, -0.05) is 43.1 Å². The van der Waals surface area contributed by atoms with E-state index in [4.69, 9.17) is 35.4 Å². The zero-order valence-electron chi connectivity index (χ0n) is 20.5. The summed E-state index contributed by atoms with van der Waals surface area (Å²) in [5.74, 6) is -0.792. The summed E-state index contributed by atoms with van der Waals surface area (Å²) in [5, 5.41) is 7.19. The first-order valence-electron chi connectivity index (χ1n) is 12.0. The molecule has 1 aliphatic rings. The van der Waals surface area contributed by atoms with Crippen LogP contribution in [0.5, 0.6) is 0 Å². The zero-order valence-corrected chi connectivity index (χ0v) is 22.9. The molecule has 194 valence electrons. The Kier molecular flexibility index (Phi) is 7.38. The van der Waals surface area contributed by atoms with Gasteiger partial charge in [-0.15, -0.1) is 0 Å². The van der Waals surface area contributed by atoms with Gasteiger partial charge in [0, 0.05) is 35.4 Å². The van der Waals surface area contributed by atoms with Crippen molar-refractivity contribution < 1.29 is 9.18 Å². The fraction of sp³-hybridized carbons (Fsp3) is 0.179. The van der Waals surface area contributed by atoms with Crippen molar-refractivity contribution in [3.8, 4) is 5.69 Å². The number of hydrogen-bond donors (Lipinski definition) is 2. The number of thiocarbonyl (C=S) groups is 1. The highest BCUT2D eigenvalue weighted by atomic mass is 35.5. The van der Waals surface area contributed by atoms with Crippen LogP contribution in [0.15, 0.2) is 79.1 Å². The van der Waals surface area contributed by atoms with Gasteiger partial charge in [0.15, 0.2) is 5.11 Å². The first-order valence-corrected chi connectivity index (χ1v) is 13.1. The maximum absolute atomic E-state index is 13.9. The Hall–Kier alpha value is -3.46. The van der Waals surface area contributed by atoms with Crippen LogP contribution in [0, 0.1) is 11.7 Å². The summed E-state index contributed by atoms with van der Waals surface area (Å²) in [7, 11) is 0. The van der Waals surface area contributed by atoms with Crippen molar-refractivity contribution >= 4 is 57.8 Å². The molecule has 38 heavy (non-hydrogen) atoms. The Morgan fingerprint density at radius 3 is 2.50 bits per heavy atom. The van der Waals surface area contributed by atoms with Crippen molar-refractivity contribution in [2.75, 3.05) is 10.2 Å². The van der Waals surface area contributed by atoms with E-state index in [-0.39, 0.29) is 28.9 Å². The van der Waals surface area contributed by atoms with Gasteiger partial charge in [0.1, 0.15) is 11.9 Å². The lowest BCUT2D eigenvalue weighted by Gasteiger charge is -2.29. The van der Waals surface area contributed by atoms with E-state index in [9.17, 15) is 9.18 Å². The number of nitrogens with zero attached hydrogens (tertiary/aromatic N) is 3. The van der Waals surface area contributed by atoms with Crippen molar-refractivity contribution in [3.05, 3.63) is 106 Å². The number of carbonyl (C=O) groups excluding carboxylic acids is 1. The summed E-state index contributed by atoms with van der Waals surface area (Å²) < 4.78 is 15.9. The highest BCUT2D eigenvalue weighted by molar-refractivity contribution is 7.80. The summed E-state index contributed by atoms with van der Waals surface area (Å²) in [4.78, 5) is 18.8. The molecule has 10 heteroatoms. The van der Waals surface area contributed by atoms with Crippen molar-refractivity contribution in [1.82, 2.24) is 14.9 Å². The topological polar surface area (TPSA) is 62.2 Å². The Balaban J connectivity index is 1.61. The molecule has 0 saturated carbocycles. The van der Waals surface area contributed by atoms with Crippen LogP contribution < -0.4 is 15.5 Å². The third-order valence-electron chi connectivity index (χ3n) is 6.38. The molecule has 0 radical (unpaired) electrons. The number of nitrogens with one attached hydrogen (secondary N) is 2. The molecular formula is C28H24Cl2FN5OS. The van der Waals surface area contributed by atoms with Gasteiger partial charge >= 0.3 is 0 Å². The third kappa shape index (κ3) is 4.99. The molecule has 3 heterocycles. The van der Waals surface area contributed by atoms with Gasteiger partial charge < -0.3 is 20.1 Å². The van der Waals surface area contributed by atoms with Crippen molar-refractivity contribution in [2.24, 2.45) is 5.92 Å². The summed E-state index contributed by atoms with van der Waals surface area (Å²) >= 11 is 18.6. The first-order chi connectivity index (χ1) is 18.2. The average Bonchev–Trinajstić information content (AvgIpc) is 3.51. The molecule has 1 amide bonds. The highest BCUT2D eigenvalue weighted by Gasteiger charge is 2.42. The van der Waals surface area contributed by atoms with E-state index < -0.39 is 5.82 Å². The average molecular weight is 569 g/mol. The monoisotopic (exact) mass is 567 g/mol. The predicted molar refractivity (Wildman–Crippen MR) is 154 cm³/mol. The van der Waals surface area contributed by atoms with Crippen LogP contribution in [0.3, 0.4) is 0 Å². The minimum atomic E-state index is -0.486. The van der Waals surface area contributed by atoms with Gasteiger partial charge in [-0.25, -0.2) is 4.39 Å². The van der Waals surface area contributed by atoms with Gasteiger partial charge in [0.2, 0.25) is 5.91 Å². The molecule has 1 fully saturated rings. The van der Waals surface area contributed by atoms with Crippen LogP contribution >= 0.6 is 35.4 Å². The quantitative estimate of drug-likeness (QED) is 0.243. The number of rotatable bonds is 6. The fourth-order valence-corrected chi connectivity index (χ4v) is 5.21. The lowest BCUT2D eigenvalue weighted by atomic mass is 10.0. The zero-order chi connectivity index (χ0) is 27.0. The maximum atomic E-state index is 13.9. The third-order valence-corrected chi connectivity index (χ3v) is 7.29. The van der Waals surface area contributed by atoms with Crippen LogP contribution in [-0.2, 0) is 4.79 Å². The molecule has 0 bridgehead atoms. The molecular weight excluding hydrogens is 544 g/mol. The van der Waals surface area contributed by atoms with E-state index in [1.54, 1.807) is 30.5 Å². The van der Waals surface area contributed by atoms with E-state index in [1.165, 1.54) is 6.07 Å². The molecule has 0 aliphatic carbocycles. The van der Waals surface area contributed by atoms with Crippen molar-refractivity contribution in [3.63, 3.8) is 0 Å². The molecule has 2 N–H and O–H groups in total. The second kappa shape index (κ2) is 10.7. The molecule has 2 atom stereocenters. The van der Waals surface area contributed by atoms with Crippen molar-refractivity contribution in [1.29, 1.82) is 0 Å². The van der Waals surface area contributed by atoms with Gasteiger partial charge in [-0.3, -0.25) is 9.78 Å². The molecule has 5 rings (SSSR count). The van der Waals surface area contributed by atoms with Crippen LogP contribution in [0.25, 0.3) is 5.69 Å². The smallest absolute Gasteiger partial charge is 0.226 e. The van der Waals surface area contributed by atoms with Crippen LogP contribution in [0.4, 0.5) is 15.8 Å². The van der Waals surface area contributed by atoms with E-state index in [1.807, 2.05) is 65.9 Å². The molecule has 2 aromatic heterocycles. The van der Waals surface area contributed by atoms with Crippen molar-refractivity contribution in [2.45, 2.75) is 25.9 Å². The minimum Gasteiger partial charge on any atom is -0.351 e. The number of hydrogen-bond acceptors (Lipinski definition) is 3. The lowest BCUT2D eigenvalue weighted by Crippen LogP contribution is -2.30. The second-order valence-corrected chi connectivity index (χ2v) is 10.4. The summed E-state index contributed by atoms with van der Waals surface area (Å²) in [5.41, 5.74) is 3.65. The summed E-state index contributed by atoms with van der Waals surface area (Å²) in [6, 6.07) is 19.0. The van der Waals surface area contributed by atoms with E-state index >= 15 is 0 Å². The van der Waals surface area contributed by atoms with Crippen LogP contribution in [0.1, 0.15) is 37.3 Å². The number of halogens is 3. The molecule has 0 unspecified atom stereocenters. The van der Waals surface area contributed by atoms with Crippen LogP contribution in [-0.4, -0.2) is 20.6 Å². The molecule has 1 saturated heterocycles. The number of carbonyl (C=O) groups is 1. The summed E-state index contributed by atoms with van der Waals surface area (Å²) in [6.45, 7) is 3.63. The molecule has 6 nitrogen and oxygen atoms in total. The van der Waals surface area contributed by atoms with E-state index in [2.05, 4.69) is 15.6 Å². The number of pyridine rings is 1. The van der Waals surface area contributed by atoms with E-state index in [0.717, 1.165) is 17.1 Å². The SMILES string of the molecule is CC(C)C(=O)Nc1ccc(N2C(=S)N[C@H](c3ccccn3)[C@H]2c2cccn2-c2ccc(F)c(Cl)c2)cc1Cl. The first kappa shape index (κ1) is 26.2. The highest BCUT2D eigenvalue weighted by Crippen LogP contribution is 2.43. The molecule has 1 aliphatic heterocycles. The number of benzene rings is 2. The Labute approximate surface area is 235 Å². The number of amides is 1. The normalized spacial score (nSPS) is 17.1. The van der Waals surface area contributed by atoms with Gasteiger partial charge in [-0.05, 0) is 72.9 Å². The second-order valence-electron chi connectivity index (χ2n) is 9.21. The maximum Gasteiger partial charge on any atom is 0.226 e. The number of aromatic nitrogens is 2. The predicted octanol–water partition coefficient (Wildman–Crippen LogP) is 7.09. The number of anilines is 2. The molecule has 2 aromatic carbocycles. The fourth-order valence-electron chi connectivity index (χ4n) is 4.47. The van der Waals surface area contributed by atoms with Gasteiger partial charge in [-0.2, -0.15) is 0 Å². The van der Waals surface area contributed by atoms with Gasteiger partial charge in [0.05, 0.1) is 27.5 Å². The summed E-state index contributed by atoms with van der Waals surface area (Å²) in [6.07, 6.45) is 3.63. The van der Waals surface area contributed by atoms with Crippen LogP contribution in [0.2, 0.25) is 10.0 Å². The molecule has 4 aromatic rings. The van der Waals surface area contributed by atoms with E-state index in [0.29, 0.717) is 21.5 Å².